The molecule has 1 fully saturated rings. The van der Waals surface area contributed by atoms with Gasteiger partial charge in [0.25, 0.3) is 0 Å². The van der Waals surface area contributed by atoms with Gasteiger partial charge in [-0.25, -0.2) is 9.97 Å². The van der Waals surface area contributed by atoms with Gasteiger partial charge in [-0.05, 0) is 18.1 Å². The summed E-state index contributed by atoms with van der Waals surface area (Å²) in [5.41, 5.74) is 0.729. The first-order valence-electron chi connectivity index (χ1n) is 9.61. The summed E-state index contributed by atoms with van der Waals surface area (Å²) in [7, 11) is -4.87. The Hall–Kier alpha value is -2.66. The Morgan fingerprint density at radius 2 is 1.93 bits per heavy atom. The summed E-state index contributed by atoms with van der Waals surface area (Å²) in [4.78, 5) is 12.1. The van der Waals surface area contributed by atoms with Gasteiger partial charge in [-0.15, -0.1) is 14.1 Å². The van der Waals surface area contributed by atoms with Crippen LogP contribution in [0, 0.1) is 0 Å². The number of aliphatic hydroxyl groups excluding tert-OH is 1. The third kappa shape index (κ3) is 3.99. The summed E-state index contributed by atoms with van der Waals surface area (Å²) < 4.78 is 36.6. The molecule has 1 aliphatic rings. The first-order chi connectivity index (χ1) is 14.0. The SMILES string of the molecule is CC(C)(C)c1nc(N2CC[C@H](O)C2)c2nn(Cc3ccccc3S(=O)(=O)F)nc2n1. The molecular formula is C19H23FN6O3S. The van der Waals surface area contributed by atoms with E-state index in [1.165, 1.54) is 23.0 Å². The van der Waals surface area contributed by atoms with Crippen molar-refractivity contribution in [2.24, 2.45) is 0 Å². The van der Waals surface area contributed by atoms with Crippen molar-refractivity contribution in [3.05, 3.63) is 35.7 Å². The predicted molar refractivity (Wildman–Crippen MR) is 108 cm³/mol. The second-order valence-corrected chi connectivity index (χ2v) is 9.77. The highest BCUT2D eigenvalue weighted by atomic mass is 32.3. The number of fused-ring (bicyclic) bond motifs is 1. The van der Waals surface area contributed by atoms with Gasteiger partial charge in [0.1, 0.15) is 10.7 Å². The van der Waals surface area contributed by atoms with E-state index in [9.17, 15) is 17.4 Å². The number of hydrogen-bond acceptors (Lipinski definition) is 8. The minimum atomic E-state index is -4.87. The topological polar surface area (TPSA) is 114 Å². The maximum Gasteiger partial charge on any atom is 0.332 e. The van der Waals surface area contributed by atoms with Crippen molar-refractivity contribution in [2.75, 3.05) is 18.0 Å². The summed E-state index contributed by atoms with van der Waals surface area (Å²) >= 11 is 0. The number of halogens is 1. The highest BCUT2D eigenvalue weighted by Gasteiger charge is 2.28. The fraction of sp³-hybridized carbons (Fsp3) is 0.474. The molecule has 30 heavy (non-hydrogen) atoms. The maximum atomic E-state index is 13.6. The van der Waals surface area contributed by atoms with Crippen LogP contribution >= 0.6 is 0 Å². The second kappa shape index (κ2) is 7.24. The Morgan fingerprint density at radius 1 is 1.20 bits per heavy atom. The van der Waals surface area contributed by atoms with Gasteiger partial charge in [0, 0.05) is 18.5 Å². The Bertz CT molecular complexity index is 1200. The molecule has 4 rings (SSSR count). The maximum absolute atomic E-state index is 13.6. The molecule has 3 aromatic rings. The largest absolute Gasteiger partial charge is 0.391 e. The van der Waals surface area contributed by atoms with Crippen LogP contribution in [-0.2, 0) is 22.2 Å². The fourth-order valence-corrected chi connectivity index (χ4v) is 4.11. The third-order valence-electron chi connectivity index (χ3n) is 4.95. The van der Waals surface area contributed by atoms with Gasteiger partial charge in [0.15, 0.2) is 11.3 Å². The molecule has 11 heteroatoms. The van der Waals surface area contributed by atoms with Crippen molar-refractivity contribution in [3.63, 3.8) is 0 Å². The summed E-state index contributed by atoms with van der Waals surface area (Å²) in [6.07, 6.45) is 0.191. The predicted octanol–water partition coefficient (Wildman–Crippen LogP) is 1.80. The zero-order valence-corrected chi connectivity index (χ0v) is 17.8. The number of rotatable bonds is 4. The van der Waals surface area contributed by atoms with Gasteiger partial charge in [-0.1, -0.05) is 39.0 Å². The molecule has 1 aromatic carbocycles. The summed E-state index contributed by atoms with van der Waals surface area (Å²) in [5, 5.41) is 18.8. The lowest BCUT2D eigenvalue weighted by atomic mass is 9.96. The molecule has 0 radical (unpaired) electrons. The van der Waals surface area contributed by atoms with Crippen LogP contribution in [0.3, 0.4) is 0 Å². The highest BCUT2D eigenvalue weighted by Crippen LogP contribution is 2.29. The number of β-amino-alcohol motifs (C(OH)–C–C–N with tert-alkyl or cyclic N) is 1. The molecule has 0 bridgehead atoms. The normalized spacial score (nSPS) is 17.8. The minimum Gasteiger partial charge on any atom is -0.391 e. The first-order valence-corrected chi connectivity index (χ1v) is 11.0. The van der Waals surface area contributed by atoms with Crippen LogP contribution in [0.5, 0.6) is 0 Å². The molecule has 0 amide bonds. The second-order valence-electron chi connectivity index (χ2n) is 8.46. The van der Waals surface area contributed by atoms with Crippen molar-refractivity contribution >= 4 is 27.2 Å². The lowest BCUT2D eigenvalue weighted by molar-refractivity contribution is 0.198. The molecule has 1 saturated heterocycles. The molecule has 1 N–H and O–H groups in total. The van der Waals surface area contributed by atoms with Crippen LogP contribution < -0.4 is 4.90 Å². The van der Waals surface area contributed by atoms with Crippen LogP contribution in [0.1, 0.15) is 38.6 Å². The molecule has 0 unspecified atom stereocenters. The average molecular weight is 434 g/mol. The molecule has 0 spiro atoms. The molecule has 0 saturated carbocycles. The first kappa shape index (κ1) is 20.6. The Morgan fingerprint density at radius 3 is 2.57 bits per heavy atom. The van der Waals surface area contributed by atoms with Gasteiger partial charge in [-0.2, -0.15) is 13.2 Å². The monoisotopic (exact) mass is 434 g/mol. The minimum absolute atomic E-state index is 0.0391. The van der Waals surface area contributed by atoms with Crippen LogP contribution in [0.4, 0.5) is 9.70 Å². The van der Waals surface area contributed by atoms with Crippen molar-refractivity contribution in [1.29, 1.82) is 0 Å². The molecule has 0 aliphatic carbocycles. The molecule has 9 nitrogen and oxygen atoms in total. The summed E-state index contributed by atoms with van der Waals surface area (Å²) in [5.74, 6) is 1.17. The molecule has 1 atom stereocenters. The van der Waals surface area contributed by atoms with E-state index in [0.717, 1.165) is 0 Å². The lowest BCUT2D eigenvalue weighted by Gasteiger charge is -2.21. The van der Waals surface area contributed by atoms with E-state index >= 15 is 0 Å². The van der Waals surface area contributed by atoms with Crippen molar-refractivity contribution in [3.8, 4) is 0 Å². The van der Waals surface area contributed by atoms with Crippen LogP contribution in [-0.4, -0.2) is 57.7 Å². The van der Waals surface area contributed by atoms with E-state index in [-0.39, 0.29) is 17.5 Å². The van der Waals surface area contributed by atoms with E-state index < -0.39 is 21.2 Å². The third-order valence-corrected chi connectivity index (χ3v) is 5.88. The standard InChI is InChI=1S/C19H23FN6O3S/c1-19(2,3)18-21-16-15(17(22-18)25-9-8-13(27)11-25)23-26(24-16)10-12-6-4-5-7-14(12)30(20,28)29/h4-7,13,27H,8-11H2,1-3H3/t13-/m0/s1. The van der Waals surface area contributed by atoms with Crippen LogP contribution in [0.25, 0.3) is 11.2 Å². The number of hydrogen-bond donors (Lipinski definition) is 1. The molecule has 160 valence electrons. The summed E-state index contributed by atoms with van der Waals surface area (Å²) in [6, 6.07) is 5.82. The highest BCUT2D eigenvalue weighted by molar-refractivity contribution is 7.86. The number of benzene rings is 1. The van der Waals surface area contributed by atoms with Crippen molar-refractivity contribution in [1.82, 2.24) is 25.0 Å². The molecule has 1 aliphatic heterocycles. The zero-order valence-electron chi connectivity index (χ0n) is 16.9. The molecular weight excluding hydrogens is 411 g/mol. The quantitative estimate of drug-likeness (QED) is 0.618. The molecule has 2 aromatic heterocycles. The Kier molecular flexibility index (Phi) is 4.97. The average Bonchev–Trinajstić information content (AvgIpc) is 3.25. The smallest absolute Gasteiger partial charge is 0.332 e. The van der Waals surface area contributed by atoms with Gasteiger partial charge in [0.2, 0.25) is 5.65 Å². The number of nitrogens with zero attached hydrogens (tertiary/aromatic N) is 6. The van der Waals surface area contributed by atoms with Crippen molar-refractivity contribution < 1.29 is 17.4 Å². The Labute approximate surface area is 173 Å². The van der Waals surface area contributed by atoms with Crippen LogP contribution in [0.15, 0.2) is 29.2 Å². The van der Waals surface area contributed by atoms with E-state index in [1.807, 2.05) is 25.7 Å². The summed E-state index contributed by atoms with van der Waals surface area (Å²) in [6.45, 7) is 7.00. The van der Waals surface area contributed by atoms with E-state index in [2.05, 4.69) is 15.2 Å². The van der Waals surface area contributed by atoms with Gasteiger partial charge in [-0.3, -0.25) is 0 Å². The van der Waals surface area contributed by atoms with Crippen molar-refractivity contribution in [2.45, 2.75) is 50.2 Å². The van der Waals surface area contributed by atoms with Crippen LogP contribution in [0.2, 0.25) is 0 Å². The molecule has 3 heterocycles. The van der Waals surface area contributed by atoms with E-state index in [0.29, 0.717) is 42.3 Å². The fourth-order valence-electron chi connectivity index (χ4n) is 3.42. The number of aliphatic hydroxyl groups is 1. The Balaban J connectivity index is 1.81. The van der Waals surface area contributed by atoms with E-state index in [1.54, 1.807) is 6.07 Å². The van der Waals surface area contributed by atoms with Gasteiger partial charge >= 0.3 is 10.2 Å². The van der Waals surface area contributed by atoms with Gasteiger partial charge < -0.3 is 10.0 Å². The lowest BCUT2D eigenvalue weighted by Crippen LogP contribution is -2.25. The van der Waals surface area contributed by atoms with E-state index in [4.69, 9.17) is 4.98 Å². The number of anilines is 1. The number of aromatic nitrogens is 5. The zero-order chi connectivity index (χ0) is 21.7. The van der Waals surface area contributed by atoms with Gasteiger partial charge in [0.05, 0.1) is 12.6 Å².